The number of benzene rings is 2. The van der Waals surface area contributed by atoms with E-state index in [1.165, 1.54) is 11.8 Å². The fraction of sp³-hybridized carbons (Fsp3) is 0.381. The minimum Gasteiger partial charge on any atom is -0.389 e. The molecule has 0 saturated carbocycles. The first kappa shape index (κ1) is 22.4. The molecule has 0 radical (unpaired) electrons. The Hall–Kier alpha value is -1.84. The summed E-state index contributed by atoms with van der Waals surface area (Å²) in [5, 5.41) is 24.6. The molecule has 10 heteroatoms. The van der Waals surface area contributed by atoms with Crippen molar-refractivity contribution in [3.8, 4) is 6.07 Å². The van der Waals surface area contributed by atoms with Crippen LogP contribution in [0.3, 0.4) is 0 Å². The minimum atomic E-state index is -1.56. The number of fused-ring (bicyclic) bond motifs is 1. The van der Waals surface area contributed by atoms with Crippen molar-refractivity contribution in [3.63, 3.8) is 0 Å². The average molecular weight is 550 g/mol. The smallest absolute Gasteiger partial charge is 0.263 e. The highest BCUT2D eigenvalue weighted by molar-refractivity contribution is 14.1. The summed E-state index contributed by atoms with van der Waals surface area (Å²) in [6.07, 6.45) is -2.31. The maximum atomic E-state index is 10.9. The SMILES string of the molecule is N#C[C@@]1(Cc2ccccc2I)OC[C@H]2O[C@H](Sc3ccccc3)[C@@H](O)[C@@H](N=[N+]=[N-])[C@@H]2O1. The summed E-state index contributed by atoms with van der Waals surface area (Å²) in [4.78, 5) is 3.82. The molecule has 0 bridgehead atoms. The van der Waals surface area contributed by atoms with E-state index in [-0.39, 0.29) is 13.0 Å². The molecule has 0 spiro atoms. The van der Waals surface area contributed by atoms with Gasteiger partial charge in [-0.25, -0.2) is 0 Å². The number of nitriles is 1. The lowest BCUT2D eigenvalue weighted by Gasteiger charge is -2.48. The molecule has 31 heavy (non-hydrogen) atoms. The second-order valence-electron chi connectivity index (χ2n) is 7.19. The Kier molecular flexibility index (Phi) is 7.03. The van der Waals surface area contributed by atoms with E-state index >= 15 is 0 Å². The van der Waals surface area contributed by atoms with E-state index in [1.807, 2.05) is 54.6 Å². The number of hydrogen-bond acceptors (Lipinski definition) is 7. The average Bonchev–Trinajstić information content (AvgIpc) is 2.79. The summed E-state index contributed by atoms with van der Waals surface area (Å²) >= 11 is 3.53. The molecule has 2 aliphatic heterocycles. The van der Waals surface area contributed by atoms with E-state index in [0.717, 1.165) is 14.0 Å². The zero-order chi connectivity index (χ0) is 21.8. The van der Waals surface area contributed by atoms with Crippen LogP contribution in [0, 0.1) is 14.9 Å². The van der Waals surface area contributed by atoms with Gasteiger partial charge < -0.3 is 19.3 Å². The van der Waals surface area contributed by atoms with Gasteiger partial charge in [-0.15, -0.1) is 0 Å². The molecule has 0 unspecified atom stereocenters. The molecule has 0 aromatic heterocycles. The van der Waals surface area contributed by atoms with Gasteiger partial charge in [0.05, 0.1) is 12.6 Å². The van der Waals surface area contributed by atoms with E-state index in [4.69, 9.17) is 19.7 Å². The van der Waals surface area contributed by atoms with Crippen molar-refractivity contribution in [1.82, 2.24) is 0 Å². The second kappa shape index (κ2) is 9.75. The number of halogens is 1. The van der Waals surface area contributed by atoms with Crippen LogP contribution in [0.2, 0.25) is 0 Å². The van der Waals surface area contributed by atoms with Crippen molar-refractivity contribution in [2.45, 2.75) is 46.9 Å². The van der Waals surface area contributed by atoms with Gasteiger partial charge in [-0.1, -0.05) is 53.3 Å². The van der Waals surface area contributed by atoms with Crippen LogP contribution in [0.25, 0.3) is 10.4 Å². The van der Waals surface area contributed by atoms with Crippen LogP contribution in [-0.2, 0) is 20.6 Å². The van der Waals surface area contributed by atoms with Gasteiger partial charge in [0, 0.05) is 19.8 Å². The van der Waals surface area contributed by atoms with Gasteiger partial charge >= 0.3 is 0 Å². The maximum absolute atomic E-state index is 10.9. The predicted molar refractivity (Wildman–Crippen MR) is 122 cm³/mol. The normalized spacial score (nSPS) is 32.4. The topological polar surface area (TPSA) is 120 Å². The first-order valence-corrected chi connectivity index (χ1v) is 11.6. The zero-order valence-electron chi connectivity index (χ0n) is 16.2. The predicted octanol–water partition coefficient (Wildman–Crippen LogP) is 4.03. The standard InChI is InChI=1S/C21H19IN4O4S/c22-15-9-5-4-6-13(15)10-21(12-23)28-11-16-19(30-21)17(25-26-24)18(27)20(29-16)31-14-7-2-1-3-8-14/h1-9,16-20,27H,10-11H2/t16-,17-,18+,19-,20-,21+/m1/s1. The summed E-state index contributed by atoms with van der Waals surface area (Å²) in [5.41, 5.74) is 9.34. The van der Waals surface area contributed by atoms with Crippen molar-refractivity contribution >= 4 is 34.4 Å². The number of aliphatic hydroxyl groups excluding tert-OH is 1. The summed E-state index contributed by atoms with van der Waals surface area (Å²) in [6.45, 7) is 0.0810. The molecule has 160 valence electrons. The molecule has 1 N–H and O–H groups in total. The molecule has 2 heterocycles. The lowest BCUT2D eigenvalue weighted by molar-refractivity contribution is -0.324. The summed E-state index contributed by atoms with van der Waals surface area (Å²) in [7, 11) is 0. The number of rotatable bonds is 5. The number of thioether (sulfide) groups is 1. The molecular weight excluding hydrogens is 531 g/mol. The number of azide groups is 1. The summed E-state index contributed by atoms with van der Waals surface area (Å²) < 4.78 is 19.0. The van der Waals surface area contributed by atoms with Crippen LogP contribution >= 0.6 is 34.4 Å². The minimum absolute atomic E-state index is 0.0810. The lowest BCUT2D eigenvalue weighted by atomic mass is 9.95. The van der Waals surface area contributed by atoms with E-state index in [1.54, 1.807) is 0 Å². The van der Waals surface area contributed by atoms with Gasteiger partial charge in [-0.3, -0.25) is 0 Å². The third-order valence-electron chi connectivity index (χ3n) is 5.18. The van der Waals surface area contributed by atoms with Crippen molar-refractivity contribution in [1.29, 1.82) is 5.26 Å². The first-order chi connectivity index (χ1) is 15.0. The Morgan fingerprint density at radius 2 is 2.00 bits per heavy atom. The van der Waals surface area contributed by atoms with Crippen molar-refractivity contribution in [2.24, 2.45) is 5.11 Å². The number of nitrogens with zero attached hydrogens (tertiary/aromatic N) is 4. The molecule has 8 nitrogen and oxygen atoms in total. The highest BCUT2D eigenvalue weighted by Crippen LogP contribution is 2.40. The van der Waals surface area contributed by atoms with Gasteiger partial charge in [0.1, 0.15) is 29.8 Å². The molecule has 6 atom stereocenters. The van der Waals surface area contributed by atoms with Gasteiger partial charge in [-0.05, 0) is 51.9 Å². The Morgan fingerprint density at radius 3 is 2.71 bits per heavy atom. The number of ether oxygens (including phenoxy) is 3. The van der Waals surface area contributed by atoms with Crippen molar-refractivity contribution in [3.05, 3.63) is 74.2 Å². The molecule has 0 aliphatic carbocycles. The van der Waals surface area contributed by atoms with Crippen LogP contribution in [0.15, 0.2) is 64.6 Å². The monoisotopic (exact) mass is 550 g/mol. The van der Waals surface area contributed by atoms with Crippen LogP contribution in [0.5, 0.6) is 0 Å². The highest BCUT2D eigenvalue weighted by Gasteiger charge is 2.53. The molecular formula is C21H19IN4O4S. The Labute approximate surface area is 197 Å². The van der Waals surface area contributed by atoms with Crippen molar-refractivity contribution < 1.29 is 19.3 Å². The quantitative estimate of drug-likeness (QED) is 0.260. The van der Waals surface area contributed by atoms with E-state index in [9.17, 15) is 10.4 Å². The van der Waals surface area contributed by atoms with Gasteiger partial charge in [-0.2, -0.15) is 5.26 Å². The first-order valence-electron chi connectivity index (χ1n) is 9.61. The molecule has 2 aliphatic rings. The molecule has 2 fully saturated rings. The summed E-state index contributed by atoms with van der Waals surface area (Å²) in [5.74, 6) is -1.56. The van der Waals surface area contributed by atoms with Crippen LogP contribution in [0.4, 0.5) is 0 Å². The summed E-state index contributed by atoms with van der Waals surface area (Å²) in [6, 6.07) is 18.4. The number of hydrogen-bond donors (Lipinski definition) is 1. The molecule has 0 amide bonds. The third kappa shape index (κ3) is 4.83. The lowest BCUT2D eigenvalue weighted by Crippen LogP contribution is -2.64. The van der Waals surface area contributed by atoms with Gasteiger partial charge in [0.15, 0.2) is 0 Å². The van der Waals surface area contributed by atoms with E-state index in [2.05, 4.69) is 38.7 Å². The second-order valence-corrected chi connectivity index (χ2v) is 9.52. The number of aliphatic hydroxyl groups is 1. The van der Waals surface area contributed by atoms with Crippen LogP contribution < -0.4 is 0 Å². The van der Waals surface area contributed by atoms with E-state index in [0.29, 0.717) is 0 Å². The van der Waals surface area contributed by atoms with E-state index < -0.39 is 35.6 Å². The Morgan fingerprint density at radius 1 is 1.26 bits per heavy atom. The third-order valence-corrected chi connectivity index (χ3v) is 7.40. The zero-order valence-corrected chi connectivity index (χ0v) is 19.2. The molecule has 4 rings (SSSR count). The van der Waals surface area contributed by atoms with Crippen molar-refractivity contribution in [2.75, 3.05) is 6.61 Å². The Bertz CT molecular complexity index is 1020. The molecule has 2 aromatic carbocycles. The Balaban J connectivity index is 1.57. The highest BCUT2D eigenvalue weighted by atomic mass is 127. The van der Waals surface area contributed by atoms with Crippen LogP contribution in [0.1, 0.15) is 5.56 Å². The molecule has 2 aromatic rings. The fourth-order valence-corrected chi connectivity index (χ4v) is 5.32. The fourth-order valence-electron chi connectivity index (χ4n) is 3.66. The van der Waals surface area contributed by atoms with Gasteiger partial charge in [0.2, 0.25) is 0 Å². The largest absolute Gasteiger partial charge is 0.389 e. The molecule has 2 saturated heterocycles. The van der Waals surface area contributed by atoms with Crippen LogP contribution in [-0.4, -0.2) is 47.3 Å². The van der Waals surface area contributed by atoms with Gasteiger partial charge in [0.25, 0.3) is 5.79 Å². The maximum Gasteiger partial charge on any atom is 0.263 e.